The van der Waals surface area contributed by atoms with Gasteiger partial charge < -0.3 is 0 Å². The Morgan fingerprint density at radius 1 is 1.44 bits per heavy atom. The van der Waals surface area contributed by atoms with Crippen LogP contribution in [-0.4, -0.2) is 27.9 Å². The maximum absolute atomic E-state index is 3.95. The van der Waals surface area contributed by atoms with Gasteiger partial charge >= 0.3 is 23.1 Å². The summed E-state index contributed by atoms with van der Waals surface area (Å²) < 4.78 is 0. The van der Waals surface area contributed by atoms with Crippen molar-refractivity contribution in [1.29, 1.82) is 0 Å². The fraction of sp³-hybridized carbons (Fsp3) is 0.714. The zero-order chi connectivity index (χ0) is 5.98. The average Bonchev–Trinajstić information content (AvgIpc) is 1.77. The summed E-state index contributed by atoms with van der Waals surface area (Å²) in [6, 6.07) is 0. The van der Waals surface area contributed by atoms with Gasteiger partial charge in [0.1, 0.15) is 0 Å². The summed E-state index contributed by atoms with van der Waals surface area (Å²) in [5.74, 6) is 0. The van der Waals surface area contributed by atoms with Gasteiger partial charge in [0.05, 0.1) is 0 Å². The van der Waals surface area contributed by atoms with Crippen LogP contribution in [0.4, 0.5) is 0 Å². The molecule has 0 aromatic heterocycles. The molecule has 50 valence electrons. The van der Waals surface area contributed by atoms with E-state index in [1.165, 1.54) is 31.3 Å². The Bertz CT molecular complexity index is 101. The maximum Gasteiger partial charge on any atom is 0.316 e. The predicted octanol–water partition coefficient (Wildman–Crippen LogP) is 1.96. The minimum absolute atomic E-state index is 0. The van der Waals surface area contributed by atoms with Crippen LogP contribution in [0.5, 0.6) is 0 Å². The van der Waals surface area contributed by atoms with Crippen molar-refractivity contribution in [3.05, 3.63) is 12.2 Å². The van der Waals surface area contributed by atoms with Gasteiger partial charge in [-0.2, -0.15) is 0 Å². The van der Waals surface area contributed by atoms with Gasteiger partial charge in [0, 0.05) is 4.83 Å². The molecule has 0 N–H and O–H groups in total. The van der Waals surface area contributed by atoms with Crippen molar-refractivity contribution >= 4 is 39.0 Å². The Kier molecular flexibility index (Phi) is 5.27. The van der Waals surface area contributed by atoms with Crippen LogP contribution >= 0.6 is 15.9 Å². The molecular weight excluding hydrogens is 188 g/mol. The normalized spacial score (nSPS) is 27.2. The molecular formula is C7H13BrMg. The minimum Gasteiger partial charge on any atom is -0.0987 e. The van der Waals surface area contributed by atoms with E-state index in [0.29, 0.717) is 4.83 Å². The lowest BCUT2D eigenvalue weighted by Crippen LogP contribution is -2.06. The van der Waals surface area contributed by atoms with Crippen LogP contribution in [0.2, 0.25) is 0 Å². The fourth-order valence-corrected chi connectivity index (χ4v) is 1.59. The third kappa shape index (κ3) is 3.05. The van der Waals surface area contributed by atoms with E-state index in [1.54, 1.807) is 0 Å². The molecule has 1 unspecified atom stereocenters. The van der Waals surface area contributed by atoms with Crippen LogP contribution in [0.1, 0.15) is 25.7 Å². The second kappa shape index (κ2) is 4.75. The first-order valence-corrected chi connectivity index (χ1v) is 4.04. The number of hydrogen-bond acceptors (Lipinski definition) is 0. The summed E-state index contributed by atoms with van der Waals surface area (Å²) in [5, 5.41) is 0. The first-order valence-electron chi connectivity index (χ1n) is 3.12. The summed E-state index contributed by atoms with van der Waals surface area (Å²) in [5.41, 5.74) is 1.39. The van der Waals surface area contributed by atoms with Crippen molar-refractivity contribution in [2.45, 2.75) is 30.5 Å². The monoisotopic (exact) mass is 200 g/mol. The van der Waals surface area contributed by atoms with E-state index >= 15 is 0 Å². The highest BCUT2D eigenvalue weighted by molar-refractivity contribution is 9.09. The van der Waals surface area contributed by atoms with Gasteiger partial charge in [-0.15, -0.1) is 0 Å². The molecule has 0 spiro atoms. The number of hydrogen-bond donors (Lipinski definition) is 0. The maximum atomic E-state index is 3.95. The summed E-state index contributed by atoms with van der Waals surface area (Å²) in [7, 11) is 0. The quantitative estimate of drug-likeness (QED) is 0.319. The van der Waals surface area contributed by atoms with Crippen molar-refractivity contribution in [2.75, 3.05) is 0 Å². The van der Waals surface area contributed by atoms with Gasteiger partial charge in [0.25, 0.3) is 0 Å². The topological polar surface area (TPSA) is 0 Å². The van der Waals surface area contributed by atoms with E-state index in [1.807, 2.05) is 0 Å². The zero-order valence-electron chi connectivity index (χ0n) is 4.99. The molecule has 9 heavy (non-hydrogen) atoms. The predicted molar refractivity (Wildman–Crippen MR) is 48.9 cm³/mol. The van der Waals surface area contributed by atoms with Gasteiger partial charge in [-0.1, -0.05) is 34.5 Å². The summed E-state index contributed by atoms with van der Waals surface area (Å²) >= 11 is 3.55. The molecule has 0 heterocycles. The Morgan fingerprint density at radius 3 is 2.44 bits per heavy atom. The Hall–Kier alpha value is 0.986. The molecule has 1 fully saturated rings. The SMILES string of the molecule is C=C1CCCCC1Br.[MgH2]. The Labute approximate surface area is 81.4 Å². The number of halogens is 1. The lowest BCUT2D eigenvalue weighted by atomic mass is 9.96. The lowest BCUT2D eigenvalue weighted by Gasteiger charge is -2.17. The van der Waals surface area contributed by atoms with E-state index in [9.17, 15) is 0 Å². The molecule has 0 amide bonds. The third-order valence-electron chi connectivity index (χ3n) is 1.65. The number of rotatable bonds is 0. The first-order chi connectivity index (χ1) is 3.80. The first kappa shape index (κ1) is 9.99. The van der Waals surface area contributed by atoms with Crippen LogP contribution in [-0.2, 0) is 0 Å². The molecule has 1 aliphatic rings. The standard InChI is InChI=1S/C7H11Br.Mg.2H/c1-6-4-2-3-5-7(6)8;;;/h7H,1-5H2;;;. The molecule has 0 radical (unpaired) electrons. The van der Waals surface area contributed by atoms with Gasteiger partial charge in [-0.3, -0.25) is 0 Å². The average molecular weight is 201 g/mol. The van der Waals surface area contributed by atoms with E-state index in [0.717, 1.165) is 0 Å². The third-order valence-corrected chi connectivity index (χ3v) is 2.75. The van der Waals surface area contributed by atoms with Crippen molar-refractivity contribution < 1.29 is 0 Å². The van der Waals surface area contributed by atoms with E-state index < -0.39 is 0 Å². The summed E-state index contributed by atoms with van der Waals surface area (Å²) in [4.78, 5) is 0.622. The van der Waals surface area contributed by atoms with Crippen molar-refractivity contribution in [2.24, 2.45) is 0 Å². The molecule has 1 aliphatic carbocycles. The highest BCUT2D eigenvalue weighted by atomic mass is 79.9. The number of alkyl halides is 1. The van der Waals surface area contributed by atoms with Crippen LogP contribution in [0.15, 0.2) is 12.2 Å². The van der Waals surface area contributed by atoms with Gasteiger partial charge in [-0.05, 0) is 19.3 Å². The van der Waals surface area contributed by atoms with E-state index in [2.05, 4.69) is 22.5 Å². The van der Waals surface area contributed by atoms with Crippen LogP contribution in [0.3, 0.4) is 0 Å². The molecule has 0 aromatic rings. The minimum atomic E-state index is 0. The molecule has 0 saturated heterocycles. The largest absolute Gasteiger partial charge is 0.316 e. The smallest absolute Gasteiger partial charge is 0.0987 e. The molecule has 1 atom stereocenters. The molecule has 1 saturated carbocycles. The van der Waals surface area contributed by atoms with Crippen LogP contribution in [0, 0.1) is 0 Å². The van der Waals surface area contributed by atoms with Gasteiger partial charge in [0.2, 0.25) is 0 Å². The Balaban J connectivity index is 0.000000640. The second-order valence-electron chi connectivity index (χ2n) is 2.37. The molecule has 0 bridgehead atoms. The highest BCUT2D eigenvalue weighted by Crippen LogP contribution is 2.27. The fourth-order valence-electron chi connectivity index (χ4n) is 1.04. The van der Waals surface area contributed by atoms with Gasteiger partial charge in [0.15, 0.2) is 0 Å². The van der Waals surface area contributed by atoms with Crippen molar-refractivity contribution in [1.82, 2.24) is 0 Å². The highest BCUT2D eigenvalue weighted by Gasteiger charge is 2.12. The summed E-state index contributed by atoms with van der Waals surface area (Å²) in [6.07, 6.45) is 5.24. The zero-order valence-corrected chi connectivity index (χ0v) is 6.58. The molecule has 0 aliphatic heterocycles. The number of allylic oxidation sites excluding steroid dienone is 1. The van der Waals surface area contributed by atoms with Crippen LogP contribution in [0.25, 0.3) is 0 Å². The molecule has 0 nitrogen and oxygen atoms in total. The van der Waals surface area contributed by atoms with Crippen molar-refractivity contribution in [3.63, 3.8) is 0 Å². The lowest BCUT2D eigenvalue weighted by molar-refractivity contribution is 0.616. The molecule has 1 rings (SSSR count). The Morgan fingerprint density at radius 2 is 2.11 bits per heavy atom. The second-order valence-corrected chi connectivity index (χ2v) is 3.48. The van der Waals surface area contributed by atoms with Crippen molar-refractivity contribution in [3.8, 4) is 0 Å². The summed E-state index contributed by atoms with van der Waals surface area (Å²) in [6.45, 7) is 3.95. The molecule has 2 heteroatoms. The molecule has 0 aromatic carbocycles. The van der Waals surface area contributed by atoms with Crippen LogP contribution < -0.4 is 0 Å². The van der Waals surface area contributed by atoms with E-state index in [-0.39, 0.29) is 23.1 Å². The van der Waals surface area contributed by atoms with E-state index in [4.69, 9.17) is 0 Å². The van der Waals surface area contributed by atoms with Gasteiger partial charge in [-0.25, -0.2) is 0 Å².